The van der Waals surface area contributed by atoms with E-state index in [-0.39, 0.29) is 23.3 Å². The number of rotatable bonds is 4. The molecular formula is C22H23FN4O2. The van der Waals surface area contributed by atoms with Crippen molar-refractivity contribution in [2.45, 2.75) is 32.2 Å². The van der Waals surface area contributed by atoms with Gasteiger partial charge in [0.1, 0.15) is 11.6 Å². The molecule has 3 aromatic rings. The van der Waals surface area contributed by atoms with E-state index in [1.807, 2.05) is 36.1 Å². The Morgan fingerprint density at radius 3 is 2.41 bits per heavy atom. The zero-order chi connectivity index (χ0) is 20.4. The van der Waals surface area contributed by atoms with Gasteiger partial charge in [0.2, 0.25) is 0 Å². The van der Waals surface area contributed by atoms with Crippen LogP contribution in [0.3, 0.4) is 0 Å². The normalized spacial score (nSPS) is 14.9. The van der Waals surface area contributed by atoms with Gasteiger partial charge in [-0.2, -0.15) is 5.10 Å². The number of halogens is 1. The van der Waals surface area contributed by atoms with Crippen LogP contribution in [-0.4, -0.2) is 38.7 Å². The standard InChI is InChI=1S/C22H23FN4O2/c1-15-2-6-18(7-3-15)21(28)26-12-10-17(11-13-26)20-24-25-22(29)27(20)14-16-4-8-19(23)9-5-16/h2-9,17H,10-14H2,1H3,(H,25,29). The number of aryl methyl sites for hydroxylation is 1. The molecule has 1 N–H and O–H groups in total. The fourth-order valence-corrected chi connectivity index (χ4v) is 3.79. The summed E-state index contributed by atoms with van der Waals surface area (Å²) in [6, 6.07) is 13.7. The molecule has 0 bridgehead atoms. The van der Waals surface area contributed by atoms with Crippen LogP contribution in [0.5, 0.6) is 0 Å². The van der Waals surface area contributed by atoms with E-state index in [1.165, 1.54) is 12.1 Å². The number of carbonyl (C=O) groups is 1. The maximum Gasteiger partial charge on any atom is 0.343 e. The van der Waals surface area contributed by atoms with E-state index in [1.54, 1.807) is 16.7 Å². The lowest BCUT2D eigenvalue weighted by molar-refractivity contribution is 0.0710. The second-order valence-electron chi connectivity index (χ2n) is 7.53. The number of piperidine rings is 1. The van der Waals surface area contributed by atoms with Gasteiger partial charge in [0, 0.05) is 24.6 Å². The van der Waals surface area contributed by atoms with E-state index in [9.17, 15) is 14.0 Å². The fraction of sp³-hybridized carbons (Fsp3) is 0.318. The van der Waals surface area contributed by atoms with Gasteiger partial charge in [0.15, 0.2) is 0 Å². The summed E-state index contributed by atoms with van der Waals surface area (Å²) in [7, 11) is 0. The molecule has 150 valence electrons. The van der Waals surface area contributed by atoms with Gasteiger partial charge in [0.05, 0.1) is 6.54 Å². The van der Waals surface area contributed by atoms with Crippen LogP contribution in [0.25, 0.3) is 0 Å². The topological polar surface area (TPSA) is 71.0 Å². The van der Waals surface area contributed by atoms with E-state index < -0.39 is 0 Å². The Kier molecular flexibility index (Phi) is 5.29. The highest BCUT2D eigenvalue weighted by atomic mass is 19.1. The first-order valence-electron chi connectivity index (χ1n) is 9.77. The fourth-order valence-electron chi connectivity index (χ4n) is 3.79. The Bertz CT molecular complexity index is 1050. The van der Waals surface area contributed by atoms with E-state index in [0.717, 1.165) is 24.0 Å². The SMILES string of the molecule is Cc1ccc(C(=O)N2CCC(c3n[nH]c(=O)n3Cc3ccc(F)cc3)CC2)cc1. The molecule has 29 heavy (non-hydrogen) atoms. The zero-order valence-electron chi connectivity index (χ0n) is 16.3. The molecule has 0 aliphatic carbocycles. The third-order valence-corrected chi connectivity index (χ3v) is 5.49. The van der Waals surface area contributed by atoms with Crippen LogP contribution in [-0.2, 0) is 6.54 Å². The van der Waals surface area contributed by atoms with Gasteiger partial charge < -0.3 is 4.90 Å². The largest absolute Gasteiger partial charge is 0.343 e. The van der Waals surface area contributed by atoms with Crippen LogP contribution in [0.4, 0.5) is 4.39 Å². The van der Waals surface area contributed by atoms with Gasteiger partial charge in [-0.05, 0) is 49.6 Å². The molecule has 0 unspecified atom stereocenters. The number of benzene rings is 2. The maximum absolute atomic E-state index is 13.1. The van der Waals surface area contributed by atoms with Crippen molar-refractivity contribution in [2.24, 2.45) is 0 Å². The molecule has 1 aliphatic heterocycles. The number of H-pyrrole nitrogens is 1. The highest BCUT2D eigenvalue weighted by molar-refractivity contribution is 5.94. The first-order chi connectivity index (χ1) is 14.0. The third-order valence-electron chi connectivity index (χ3n) is 5.49. The minimum Gasteiger partial charge on any atom is -0.339 e. The van der Waals surface area contributed by atoms with Crippen LogP contribution in [0, 0.1) is 12.7 Å². The summed E-state index contributed by atoms with van der Waals surface area (Å²) < 4.78 is 14.7. The summed E-state index contributed by atoms with van der Waals surface area (Å²) in [5, 5.41) is 6.77. The molecule has 0 radical (unpaired) electrons. The number of aromatic amines is 1. The van der Waals surface area contributed by atoms with Gasteiger partial charge in [-0.25, -0.2) is 14.3 Å². The van der Waals surface area contributed by atoms with E-state index >= 15 is 0 Å². The maximum atomic E-state index is 13.1. The quantitative estimate of drug-likeness (QED) is 0.739. The molecule has 4 rings (SSSR count). The summed E-state index contributed by atoms with van der Waals surface area (Å²) in [5.74, 6) is 0.520. The zero-order valence-corrected chi connectivity index (χ0v) is 16.3. The predicted molar refractivity (Wildman–Crippen MR) is 107 cm³/mol. The van der Waals surface area contributed by atoms with Gasteiger partial charge in [-0.15, -0.1) is 0 Å². The van der Waals surface area contributed by atoms with E-state index in [2.05, 4.69) is 10.2 Å². The monoisotopic (exact) mass is 394 g/mol. The van der Waals surface area contributed by atoms with Crippen molar-refractivity contribution < 1.29 is 9.18 Å². The molecule has 0 spiro atoms. The minimum atomic E-state index is -0.306. The number of aromatic nitrogens is 3. The van der Waals surface area contributed by atoms with Crippen LogP contribution >= 0.6 is 0 Å². The first kappa shape index (κ1) is 19.1. The van der Waals surface area contributed by atoms with Gasteiger partial charge in [-0.3, -0.25) is 9.36 Å². The van der Waals surface area contributed by atoms with Gasteiger partial charge >= 0.3 is 5.69 Å². The average molecular weight is 394 g/mol. The van der Waals surface area contributed by atoms with Crippen LogP contribution in [0.1, 0.15) is 46.1 Å². The van der Waals surface area contributed by atoms with Crippen molar-refractivity contribution in [1.82, 2.24) is 19.7 Å². The molecule has 6 nitrogen and oxygen atoms in total. The molecule has 1 saturated heterocycles. The molecule has 7 heteroatoms. The first-order valence-corrected chi connectivity index (χ1v) is 9.77. The smallest absolute Gasteiger partial charge is 0.339 e. The Morgan fingerprint density at radius 2 is 1.76 bits per heavy atom. The number of nitrogens with one attached hydrogen (secondary N) is 1. The number of amides is 1. The Hall–Kier alpha value is -3.22. The average Bonchev–Trinajstić information content (AvgIpc) is 3.10. The molecule has 1 amide bonds. The Labute approximate surface area is 168 Å². The van der Waals surface area contributed by atoms with Crippen molar-refractivity contribution in [2.75, 3.05) is 13.1 Å². The summed E-state index contributed by atoms with van der Waals surface area (Å²) >= 11 is 0. The van der Waals surface area contributed by atoms with Crippen LogP contribution in [0.2, 0.25) is 0 Å². The van der Waals surface area contributed by atoms with E-state index in [0.29, 0.717) is 31.0 Å². The summed E-state index contributed by atoms with van der Waals surface area (Å²) in [5.41, 5.74) is 2.38. The number of hydrogen-bond acceptors (Lipinski definition) is 3. The second kappa shape index (κ2) is 8.03. The number of nitrogens with zero attached hydrogens (tertiary/aromatic N) is 3. The highest BCUT2D eigenvalue weighted by Crippen LogP contribution is 2.27. The molecule has 0 atom stereocenters. The van der Waals surface area contributed by atoms with Gasteiger partial charge in [-0.1, -0.05) is 29.8 Å². The second-order valence-corrected chi connectivity index (χ2v) is 7.53. The minimum absolute atomic E-state index is 0.0363. The molecule has 2 aromatic carbocycles. The lowest BCUT2D eigenvalue weighted by atomic mass is 9.95. The number of likely N-dealkylation sites (tertiary alicyclic amines) is 1. The summed E-state index contributed by atoms with van der Waals surface area (Å²) in [6.45, 7) is 3.58. The highest BCUT2D eigenvalue weighted by Gasteiger charge is 2.28. The predicted octanol–water partition coefficient (Wildman–Crippen LogP) is 3.09. The molecular weight excluding hydrogens is 371 g/mol. The summed E-state index contributed by atoms with van der Waals surface area (Å²) in [6.07, 6.45) is 1.48. The Balaban J connectivity index is 1.45. The van der Waals surface area contributed by atoms with Crippen molar-refractivity contribution in [3.05, 3.63) is 87.3 Å². The van der Waals surface area contributed by atoms with Crippen LogP contribution in [0.15, 0.2) is 53.3 Å². The van der Waals surface area contributed by atoms with Gasteiger partial charge in [0.25, 0.3) is 5.91 Å². The van der Waals surface area contributed by atoms with Crippen LogP contribution < -0.4 is 5.69 Å². The summed E-state index contributed by atoms with van der Waals surface area (Å²) in [4.78, 5) is 26.8. The molecule has 1 fully saturated rings. The lowest BCUT2D eigenvalue weighted by Gasteiger charge is -2.31. The molecule has 1 aromatic heterocycles. The molecule has 0 saturated carbocycles. The van der Waals surface area contributed by atoms with E-state index in [4.69, 9.17) is 0 Å². The Morgan fingerprint density at radius 1 is 1.10 bits per heavy atom. The third kappa shape index (κ3) is 4.13. The molecule has 1 aliphatic rings. The number of hydrogen-bond donors (Lipinski definition) is 1. The van der Waals surface area contributed by atoms with Crippen molar-refractivity contribution in [1.29, 1.82) is 0 Å². The van der Waals surface area contributed by atoms with Crippen molar-refractivity contribution in [3.63, 3.8) is 0 Å². The number of carbonyl (C=O) groups excluding carboxylic acids is 1. The van der Waals surface area contributed by atoms with Crippen molar-refractivity contribution >= 4 is 5.91 Å². The van der Waals surface area contributed by atoms with Crippen molar-refractivity contribution in [3.8, 4) is 0 Å². The molecule has 2 heterocycles. The lowest BCUT2D eigenvalue weighted by Crippen LogP contribution is -2.38.